The topological polar surface area (TPSA) is 47.3 Å². The SMILES string of the molecule is COC(C)C(C)(O)Cc1c(C)nn(C)c1Cl. The molecule has 0 bridgehead atoms. The van der Waals surface area contributed by atoms with Crippen molar-refractivity contribution in [2.45, 2.75) is 38.9 Å². The molecule has 16 heavy (non-hydrogen) atoms. The first-order valence-corrected chi connectivity index (χ1v) is 5.60. The summed E-state index contributed by atoms with van der Waals surface area (Å²) in [6.07, 6.45) is 0.170. The summed E-state index contributed by atoms with van der Waals surface area (Å²) in [4.78, 5) is 0. The first-order valence-electron chi connectivity index (χ1n) is 5.22. The Bertz CT molecular complexity index is 374. The lowest BCUT2D eigenvalue weighted by Gasteiger charge is -2.29. The van der Waals surface area contributed by atoms with Gasteiger partial charge in [-0.1, -0.05) is 11.6 Å². The van der Waals surface area contributed by atoms with Crippen LogP contribution < -0.4 is 0 Å². The molecule has 0 saturated carbocycles. The van der Waals surface area contributed by atoms with Gasteiger partial charge in [-0.25, -0.2) is 0 Å². The van der Waals surface area contributed by atoms with Gasteiger partial charge in [-0.15, -0.1) is 0 Å². The zero-order chi connectivity index (χ0) is 12.5. The van der Waals surface area contributed by atoms with E-state index in [1.807, 2.05) is 13.8 Å². The second-order valence-electron chi connectivity index (χ2n) is 4.39. The average molecular weight is 247 g/mol. The lowest BCUT2D eigenvalue weighted by molar-refractivity contribution is -0.0716. The molecule has 4 nitrogen and oxygen atoms in total. The second-order valence-corrected chi connectivity index (χ2v) is 4.75. The molecule has 1 heterocycles. The van der Waals surface area contributed by atoms with Crippen LogP contribution in [0.4, 0.5) is 0 Å². The van der Waals surface area contributed by atoms with E-state index in [2.05, 4.69) is 5.10 Å². The molecule has 0 aliphatic rings. The maximum Gasteiger partial charge on any atom is 0.130 e. The number of rotatable bonds is 4. The molecule has 5 heteroatoms. The van der Waals surface area contributed by atoms with Gasteiger partial charge < -0.3 is 9.84 Å². The minimum Gasteiger partial charge on any atom is -0.387 e. The van der Waals surface area contributed by atoms with Gasteiger partial charge in [0.05, 0.1) is 17.4 Å². The number of aliphatic hydroxyl groups is 1. The predicted octanol–water partition coefficient (Wildman–Crippen LogP) is 1.71. The summed E-state index contributed by atoms with van der Waals surface area (Å²) in [5, 5.41) is 15.1. The Hall–Kier alpha value is -0.580. The van der Waals surface area contributed by atoms with Crippen LogP contribution in [-0.2, 0) is 18.2 Å². The molecule has 0 spiro atoms. The van der Waals surface area contributed by atoms with Crippen molar-refractivity contribution in [1.82, 2.24) is 9.78 Å². The fraction of sp³-hybridized carbons (Fsp3) is 0.727. The lowest BCUT2D eigenvalue weighted by atomic mass is 9.92. The molecule has 0 amide bonds. The van der Waals surface area contributed by atoms with Crippen LogP contribution >= 0.6 is 11.6 Å². The van der Waals surface area contributed by atoms with E-state index >= 15 is 0 Å². The lowest BCUT2D eigenvalue weighted by Crippen LogP contribution is -2.40. The number of ether oxygens (including phenoxy) is 1. The number of methoxy groups -OCH3 is 1. The third-order valence-corrected chi connectivity index (χ3v) is 3.51. The van der Waals surface area contributed by atoms with Crippen molar-refractivity contribution in [2.75, 3.05) is 7.11 Å². The van der Waals surface area contributed by atoms with Crippen molar-refractivity contribution in [1.29, 1.82) is 0 Å². The van der Waals surface area contributed by atoms with Crippen LogP contribution in [0.5, 0.6) is 0 Å². The fourth-order valence-corrected chi connectivity index (χ4v) is 1.87. The van der Waals surface area contributed by atoms with Gasteiger partial charge >= 0.3 is 0 Å². The maximum atomic E-state index is 10.3. The molecule has 0 aliphatic heterocycles. The van der Waals surface area contributed by atoms with Crippen LogP contribution in [0.25, 0.3) is 0 Å². The van der Waals surface area contributed by atoms with Crippen LogP contribution in [-0.4, -0.2) is 33.7 Å². The first-order chi connectivity index (χ1) is 7.29. The van der Waals surface area contributed by atoms with E-state index in [1.165, 1.54) is 0 Å². The highest BCUT2D eigenvalue weighted by atomic mass is 35.5. The number of aromatic nitrogens is 2. The molecule has 0 radical (unpaired) electrons. The highest BCUT2D eigenvalue weighted by Gasteiger charge is 2.31. The van der Waals surface area contributed by atoms with E-state index in [4.69, 9.17) is 16.3 Å². The fourth-order valence-electron chi connectivity index (χ4n) is 1.63. The van der Waals surface area contributed by atoms with Gasteiger partial charge in [0.1, 0.15) is 5.15 Å². The Morgan fingerprint density at radius 1 is 1.62 bits per heavy atom. The molecule has 1 N–H and O–H groups in total. The van der Waals surface area contributed by atoms with Gasteiger partial charge in [0.15, 0.2) is 0 Å². The molecule has 2 atom stereocenters. The predicted molar refractivity (Wildman–Crippen MR) is 63.8 cm³/mol. The Morgan fingerprint density at radius 3 is 2.56 bits per heavy atom. The first kappa shape index (κ1) is 13.5. The van der Waals surface area contributed by atoms with Gasteiger partial charge in [-0.2, -0.15) is 5.10 Å². The normalized spacial score (nSPS) is 17.2. The standard InChI is InChI=1S/C11H19ClN2O2/c1-7-9(10(12)14(4)13-7)6-11(3,15)8(2)16-5/h8,15H,6H2,1-5H3. The van der Waals surface area contributed by atoms with Crippen molar-refractivity contribution in [3.63, 3.8) is 0 Å². The van der Waals surface area contributed by atoms with Gasteiger partial charge in [0.2, 0.25) is 0 Å². The minimum atomic E-state index is -0.952. The zero-order valence-electron chi connectivity index (χ0n) is 10.4. The Balaban J connectivity index is 2.96. The van der Waals surface area contributed by atoms with Gasteiger partial charge in [0.25, 0.3) is 0 Å². The zero-order valence-corrected chi connectivity index (χ0v) is 11.2. The molecule has 0 aromatic carbocycles. The molecule has 0 aliphatic carbocycles. The molecule has 92 valence electrons. The maximum absolute atomic E-state index is 10.3. The number of halogens is 1. The molecule has 0 saturated heterocycles. The van der Waals surface area contributed by atoms with Crippen LogP contribution in [0.3, 0.4) is 0 Å². The Morgan fingerprint density at radius 2 is 2.19 bits per heavy atom. The summed E-state index contributed by atoms with van der Waals surface area (Å²) < 4.78 is 6.76. The third kappa shape index (κ3) is 2.56. The van der Waals surface area contributed by atoms with Crippen LogP contribution in [0.2, 0.25) is 5.15 Å². The van der Waals surface area contributed by atoms with Gasteiger partial charge in [0, 0.05) is 26.1 Å². The van der Waals surface area contributed by atoms with Gasteiger partial charge in [-0.05, 0) is 20.8 Å². The molecule has 1 rings (SSSR count). The van der Waals surface area contributed by atoms with Crippen LogP contribution in [0.1, 0.15) is 25.1 Å². The van der Waals surface area contributed by atoms with Crippen LogP contribution in [0.15, 0.2) is 0 Å². The van der Waals surface area contributed by atoms with E-state index in [-0.39, 0.29) is 6.10 Å². The van der Waals surface area contributed by atoms with Crippen LogP contribution in [0, 0.1) is 6.92 Å². The molecule has 0 fully saturated rings. The second kappa shape index (κ2) is 4.73. The van der Waals surface area contributed by atoms with Crippen molar-refractivity contribution in [3.05, 3.63) is 16.4 Å². The number of nitrogens with zero attached hydrogens (tertiary/aromatic N) is 2. The highest BCUT2D eigenvalue weighted by Crippen LogP contribution is 2.26. The summed E-state index contributed by atoms with van der Waals surface area (Å²) in [6.45, 7) is 5.46. The summed E-state index contributed by atoms with van der Waals surface area (Å²) in [5.74, 6) is 0. The molecule has 2 unspecified atom stereocenters. The van der Waals surface area contributed by atoms with E-state index < -0.39 is 5.60 Å². The molecular weight excluding hydrogens is 228 g/mol. The number of aryl methyl sites for hydroxylation is 2. The Kier molecular flexibility index (Phi) is 3.99. The summed E-state index contributed by atoms with van der Waals surface area (Å²) in [7, 11) is 3.37. The summed E-state index contributed by atoms with van der Waals surface area (Å²) in [6, 6.07) is 0. The van der Waals surface area contributed by atoms with E-state index in [0.717, 1.165) is 11.3 Å². The Labute approximate surface area is 101 Å². The number of hydrogen-bond acceptors (Lipinski definition) is 3. The van der Waals surface area contributed by atoms with Crippen molar-refractivity contribution < 1.29 is 9.84 Å². The van der Waals surface area contributed by atoms with Gasteiger partial charge in [-0.3, -0.25) is 4.68 Å². The van der Waals surface area contributed by atoms with Crippen molar-refractivity contribution >= 4 is 11.6 Å². The van der Waals surface area contributed by atoms with Crippen molar-refractivity contribution in [3.8, 4) is 0 Å². The monoisotopic (exact) mass is 246 g/mol. The minimum absolute atomic E-state index is 0.261. The molecule has 1 aromatic heterocycles. The molecule has 1 aromatic rings. The highest BCUT2D eigenvalue weighted by molar-refractivity contribution is 6.30. The summed E-state index contributed by atoms with van der Waals surface area (Å²) in [5.41, 5.74) is 0.765. The third-order valence-electron chi connectivity index (χ3n) is 3.03. The van der Waals surface area contributed by atoms with E-state index in [9.17, 15) is 5.11 Å². The van der Waals surface area contributed by atoms with E-state index in [1.54, 1.807) is 25.8 Å². The number of hydrogen-bond donors (Lipinski definition) is 1. The average Bonchev–Trinajstić information content (AvgIpc) is 2.43. The largest absolute Gasteiger partial charge is 0.387 e. The smallest absolute Gasteiger partial charge is 0.130 e. The van der Waals surface area contributed by atoms with E-state index in [0.29, 0.717) is 11.6 Å². The molecular formula is C11H19ClN2O2. The quantitative estimate of drug-likeness (QED) is 0.880. The van der Waals surface area contributed by atoms with Crippen molar-refractivity contribution in [2.24, 2.45) is 7.05 Å². The summed E-state index contributed by atoms with van der Waals surface area (Å²) >= 11 is 6.12.